The maximum Gasteiger partial charge on any atom is 0.306 e. The monoisotopic (exact) mass is 732 g/mol. The SMILES string of the molecule is CC/C=C/C/C=C/C/C=C/C/C=C/CCCCCCCCC(=O)OC(COCCC(C(=O)[O-])[N+](C)(C)C)COC(=O)CCCCCCCCCCC. The third-order valence-corrected chi connectivity index (χ3v) is 8.98. The molecule has 0 aromatic carbocycles. The smallest absolute Gasteiger partial charge is 0.306 e. The maximum atomic E-state index is 12.7. The van der Waals surface area contributed by atoms with Gasteiger partial charge in [0.1, 0.15) is 12.6 Å². The molecule has 0 heterocycles. The largest absolute Gasteiger partial charge is 0.544 e. The van der Waals surface area contributed by atoms with Gasteiger partial charge in [-0.15, -0.1) is 0 Å². The first kappa shape index (κ1) is 49.3. The summed E-state index contributed by atoms with van der Waals surface area (Å²) in [5.41, 5.74) is 0. The van der Waals surface area contributed by atoms with Crippen LogP contribution in [-0.2, 0) is 28.6 Å². The van der Waals surface area contributed by atoms with Crippen molar-refractivity contribution in [3.05, 3.63) is 48.6 Å². The molecule has 52 heavy (non-hydrogen) atoms. The molecule has 0 saturated heterocycles. The topological polar surface area (TPSA) is 102 Å². The van der Waals surface area contributed by atoms with E-state index in [1.807, 2.05) is 0 Å². The molecule has 300 valence electrons. The summed E-state index contributed by atoms with van der Waals surface area (Å²) in [5, 5.41) is 11.6. The van der Waals surface area contributed by atoms with Crippen LogP contribution in [0.4, 0.5) is 0 Å². The fraction of sp³-hybridized carbons (Fsp3) is 0.750. The van der Waals surface area contributed by atoms with Crippen molar-refractivity contribution in [2.45, 2.75) is 174 Å². The van der Waals surface area contributed by atoms with Crippen LogP contribution in [0.25, 0.3) is 0 Å². The first-order valence-electron chi connectivity index (χ1n) is 20.7. The minimum atomic E-state index is -1.13. The van der Waals surface area contributed by atoms with E-state index in [1.54, 1.807) is 21.1 Å². The van der Waals surface area contributed by atoms with Crippen molar-refractivity contribution < 1.29 is 38.2 Å². The van der Waals surface area contributed by atoms with E-state index in [-0.39, 0.29) is 42.7 Å². The predicted octanol–water partition coefficient (Wildman–Crippen LogP) is 9.52. The van der Waals surface area contributed by atoms with E-state index >= 15 is 0 Å². The van der Waals surface area contributed by atoms with Gasteiger partial charge < -0.3 is 28.6 Å². The Kier molecular flexibility index (Phi) is 33.5. The summed E-state index contributed by atoms with van der Waals surface area (Å²) < 4.78 is 17.1. The van der Waals surface area contributed by atoms with Crippen molar-refractivity contribution in [3.8, 4) is 0 Å². The third-order valence-electron chi connectivity index (χ3n) is 8.98. The molecule has 0 N–H and O–H groups in total. The number of nitrogens with zero attached hydrogens (tertiary/aromatic N) is 1. The lowest BCUT2D eigenvalue weighted by molar-refractivity contribution is -0.889. The van der Waals surface area contributed by atoms with Gasteiger partial charge >= 0.3 is 11.9 Å². The van der Waals surface area contributed by atoms with Crippen molar-refractivity contribution in [2.75, 3.05) is 41.0 Å². The molecule has 0 saturated carbocycles. The van der Waals surface area contributed by atoms with Gasteiger partial charge in [0.05, 0.1) is 40.3 Å². The molecule has 0 radical (unpaired) electrons. The number of hydrogen-bond acceptors (Lipinski definition) is 7. The molecule has 0 aromatic rings. The van der Waals surface area contributed by atoms with Crippen LogP contribution in [0.2, 0.25) is 0 Å². The number of carboxylic acids is 1. The Morgan fingerprint density at radius 2 is 1.08 bits per heavy atom. The molecule has 0 amide bonds. The first-order chi connectivity index (χ1) is 25.1. The molecule has 0 aliphatic rings. The summed E-state index contributed by atoms with van der Waals surface area (Å²) in [4.78, 5) is 36.7. The molecule has 0 aliphatic heterocycles. The van der Waals surface area contributed by atoms with Crippen LogP contribution in [0.5, 0.6) is 0 Å². The standard InChI is InChI=1S/C44H77NO7/c1-6-8-10-12-14-16-17-18-19-20-21-22-23-24-25-27-29-31-33-35-43(47)52-40(38-50-37-36-41(44(48)49)45(3,4)5)39-51-42(46)34-32-30-28-26-15-13-11-9-7-2/h8,10,14,16,18-19,21-22,40-41H,6-7,9,11-13,15,17,20,23-39H2,1-5H3/b10-8+,16-14+,19-18+,22-21+. The lowest BCUT2D eigenvalue weighted by Crippen LogP contribution is -2.55. The number of allylic oxidation sites excluding steroid dienone is 8. The van der Waals surface area contributed by atoms with Crippen LogP contribution >= 0.6 is 0 Å². The molecule has 0 aliphatic carbocycles. The molecule has 0 bridgehead atoms. The zero-order valence-electron chi connectivity index (χ0n) is 34.0. The van der Waals surface area contributed by atoms with Gasteiger partial charge in [0.15, 0.2) is 6.10 Å². The highest BCUT2D eigenvalue weighted by Crippen LogP contribution is 2.13. The van der Waals surface area contributed by atoms with Gasteiger partial charge in [-0.05, 0) is 51.4 Å². The third kappa shape index (κ3) is 33.1. The van der Waals surface area contributed by atoms with E-state index in [4.69, 9.17) is 14.2 Å². The Balaban J connectivity index is 4.36. The van der Waals surface area contributed by atoms with Crippen molar-refractivity contribution in [1.82, 2.24) is 0 Å². The molecule has 0 aromatic heterocycles. The number of likely N-dealkylation sites (N-methyl/N-ethyl adjacent to an activating group) is 1. The molecular weight excluding hydrogens is 654 g/mol. The molecule has 0 fully saturated rings. The van der Waals surface area contributed by atoms with E-state index in [0.29, 0.717) is 12.8 Å². The summed E-state index contributed by atoms with van der Waals surface area (Å²) in [6.45, 7) is 4.50. The number of carboxylic acid groups (broad SMARTS) is 1. The molecule has 8 heteroatoms. The fourth-order valence-electron chi connectivity index (χ4n) is 5.77. The van der Waals surface area contributed by atoms with Gasteiger partial charge in [0, 0.05) is 19.3 Å². The molecule has 0 spiro atoms. The van der Waals surface area contributed by atoms with Crippen LogP contribution < -0.4 is 5.11 Å². The number of ether oxygens (including phenoxy) is 3. The summed E-state index contributed by atoms with van der Waals surface area (Å²) in [7, 11) is 5.39. The maximum absolute atomic E-state index is 12.7. The Morgan fingerprint density at radius 3 is 1.60 bits per heavy atom. The van der Waals surface area contributed by atoms with Crippen LogP contribution in [0, 0.1) is 0 Å². The second-order valence-corrected chi connectivity index (χ2v) is 14.8. The normalized spacial score (nSPS) is 13.5. The van der Waals surface area contributed by atoms with Crippen LogP contribution in [0.3, 0.4) is 0 Å². The van der Waals surface area contributed by atoms with E-state index < -0.39 is 18.1 Å². The highest BCUT2D eigenvalue weighted by atomic mass is 16.6. The van der Waals surface area contributed by atoms with Crippen LogP contribution in [-0.4, -0.2) is 75.5 Å². The average molecular weight is 732 g/mol. The summed E-state index contributed by atoms with van der Waals surface area (Å²) in [6, 6.07) is -0.727. The number of carbonyl (C=O) groups is 3. The number of quaternary nitrogens is 1. The lowest BCUT2D eigenvalue weighted by atomic mass is 10.1. The summed E-state index contributed by atoms with van der Waals surface area (Å²) in [5.74, 6) is -1.76. The number of aliphatic carboxylic acids is 1. The van der Waals surface area contributed by atoms with Gasteiger partial charge in [0.25, 0.3) is 0 Å². The number of hydrogen-bond donors (Lipinski definition) is 0. The summed E-state index contributed by atoms with van der Waals surface area (Å²) >= 11 is 0. The molecule has 2 unspecified atom stereocenters. The molecule has 2 atom stereocenters. The van der Waals surface area contributed by atoms with E-state index in [9.17, 15) is 19.5 Å². The Hall–Kier alpha value is -2.71. The number of rotatable bonds is 36. The highest BCUT2D eigenvalue weighted by Gasteiger charge is 2.25. The van der Waals surface area contributed by atoms with Crippen LogP contribution in [0.15, 0.2) is 48.6 Å². The quantitative estimate of drug-likeness (QED) is 0.0274. The lowest BCUT2D eigenvalue weighted by Gasteiger charge is -2.34. The Bertz CT molecular complexity index is 995. The van der Waals surface area contributed by atoms with Gasteiger partial charge in [-0.1, -0.05) is 140 Å². The fourth-order valence-corrected chi connectivity index (χ4v) is 5.77. The second kappa shape index (κ2) is 35.3. The van der Waals surface area contributed by atoms with Crippen molar-refractivity contribution >= 4 is 17.9 Å². The molecule has 8 nitrogen and oxygen atoms in total. The minimum absolute atomic E-state index is 0.0350. The van der Waals surface area contributed by atoms with Crippen molar-refractivity contribution in [1.29, 1.82) is 0 Å². The highest BCUT2D eigenvalue weighted by molar-refractivity contribution is 5.70. The molecule has 0 rings (SSSR count). The zero-order chi connectivity index (χ0) is 38.5. The Morgan fingerprint density at radius 1 is 0.596 bits per heavy atom. The molecular formula is C44H77NO7. The zero-order valence-corrected chi connectivity index (χ0v) is 34.0. The van der Waals surface area contributed by atoms with Crippen LogP contribution in [0.1, 0.15) is 162 Å². The number of esters is 2. The predicted molar refractivity (Wildman–Crippen MR) is 213 cm³/mol. The number of carbonyl (C=O) groups excluding carboxylic acids is 3. The van der Waals surface area contributed by atoms with E-state index in [0.717, 1.165) is 77.0 Å². The van der Waals surface area contributed by atoms with Gasteiger partial charge in [-0.25, -0.2) is 0 Å². The van der Waals surface area contributed by atoms with Gasteiger partial charge in [-0.2, -0.15) is 0 Å². The van der Waals surface area contributed by atoms with Gasteiger partial charge in [0.2, 0.25) is 0 Å². The van der Waals surface area contributed by atoms with Crippen molar-refractivity contribution in [3.63, 3.8) is 0 Å². The second-order valence-electron chi connectivity index (χ2n) is 14.8. The first-order valence-corrected chi connectivity index (χ1v) is 20.7. The van der Waals surface area contributed by atoms with Gasteiger partial charge in [-0.3, -0.25) is 9.59 Å². The average Bonchev–Trinajstić information content (AvgIpc) is 3.09. The van der Waals surface area contributed by atoms with E-state index in [1.165, 1.54) is 51.4 Å². The number of unbranched alkanes of at least 4 members (excludes halogenated alkanes) is 14. The van der Waals surface area contributed by atoms with Crippen molar-refractivity contribution in [2.24, 2.45) is 0 Å². The minimum Gasteiger partial charge on any atom is -0.544 e. The Labute approximate surface area is 318 Å². The summed E-state index contributed by atoms with van der Waals surface area (Å²) in [6.07, 6.45) is 39.9. The van der Waals surface area contributed by atoms with E-state index in [2.05, 4.69) is 62.5 Å².